The molecule has 268 valence electrons. The normalized spacial score (nSPS) is 11.2. The van der Waals surface area contributed by atoms with E-state index in [9.17, 15) is 4.79 Å². The summed E-state index contributed by atoms with van der Waals surface area (Å²) < 4.78 is 59.8. The highest BCUT2D eigenvalue weighted by Crippen LogP contribution is 2.19. The number of nitrogen functional groups attached to an aromatic ring is 1. The maximum atomic E-state index is 11.5. The van der Waals surface area contributed by atoms with E-state index in [4.69, 9.17) is 57.8 Å². The molecule has 0 bridgehead atoms. The molecule has 13 heteroatoms. The first-order valence-electron chi connectivity index (χ1n) is 16.6. The van der Waals surface area contributed by atoms with E-state index in [1.54, 1.807) is 6.07 Å². The van der Waals surface area contributed by atoms with Crippen molar-refractivity contribution in [1.82, 2.24) is 0 Å². The van der Waals surface area contributed by atoms with E-state index < -0.39 is 0 Å². The van der Waals surface area contributed by atoms with Gasteiger partial charge in [0.2, 0.25) is 0 Å². The van der Waals surface area contributed by atoms with Crippen LogP contribution in [-0.2, 0) is 52.2 Å². The number of benzene rings is 1. The van der Waals surface area contributed by atoms with Crippen molar-refractivity contribution in [2.24, 2.45) is 0 Å². The second-order valence-electron chi connectivity index (χ2n) is 9.93. The Bertz CT molecular complexity index is 789. The third kappa shape index (κ3) is 29.3. The summed E-state index contributed by atoms with van der Waals surface area (Å²) in [5.41, 5.74) is 6.43. The Morgan fingerprint density at radius 2 is 0.870 bits per heavy atom. The number of para-hydroxylation sites is 2. The van der Waals surface area contributed by atoms with Crippen LogP contribution in [0.15, 0.2) is 24.3 Å². The highest BCUT2D eigenvalue weighted by atomic mass is 16.6. The highest BCUT2D eigenvalue weighted by Gasteiger charge is 2.02. The minimum absolute atomic E-state index is 0.153. The topological polar surface area (TPSA) is 145 Å². The molecular weight excluding hydrogens is 602 g/mol. The summed E-state index contributed by atoms with van der Waals surface area (Å²) in [6.07, 6.45) is 4.76. The van der Waals surface area contributed by atoms with Crippen LogP contribution >= 0.6 is 0 Å². The Morgan fingerprint density at radius 1 is 0.500 bits per heavy atom. The van der Waals surface area contributed by atoms with Gasteiger partial charge in [-0.3, -0.25) is 4.79 Å². The molecule has 1 aromatic carbocycles. The molecule has 46 heavy (non-hydrogen) atoms. The molecule has 1 aromatic rings. The molecule has 0 heterocycles. The van der Waals surface area contributed by atoms with Crippen LogP contribution in [-0.4, -0.2) is 138 Å². The zero-order chi connectivity index (χ0) is 33.0. The highest BCUT2D eigenvalue weighted by molar-refractivity contribution is 5.69. The lowest BCUT2D eigenvalue weighted by atomic mass is 10.2. The first-order chi connectivity index (χ1) is 22.7. The predicted octanol–water partition coefficient (Wildman–Crippen LogP) is 3.31. The summed E-state index contributed by atoms with van der Waals surface area (Å²) in [5, 5.41) is 0. The molecule has 0 aliphatic carbocycles. The largest absolute Gasteiger partial charge is 0.489 e. The van der Waals surface area contributed by atoms with Crippen molar-refractivity contribution in [2.45, 2.75) is 39.0 Å². The lowest BCUT2D eigenvalue weighted by Crippen LogP contribution is -2.15. The SMILES string of the molecule is CCCCCCC(=O)OCCOCCOCCOCCOCCOCCOCCOCCOCCOCCOc1ccccc1N. The number of ether oxygens (including phenoxy) is 11. The number of carbonyl (C=O) groups is 1. The first-order valence-corrected chi connectivity index (χ1v) is 16.6. The fraction of sp³-hybridized carbons (Fsp3) is 0.788. The number of hydrogen-bond donors (Lipinski definition) is 1. The van der Waals surface area contributed by atoms with Gasteiger partial charge in [-0.05, 0) is 18.6 Å². The molecule has 0 unspecified atom stereocenters. The zero-order valence-corrected chi connectivity index (χ0v) is 28.0. The van der Waals surface area contributed by atoms with Crippen LogP contribution in [0.5, 0.6) is 5.75 Å². The first kappa shape index (κ1) is 42.0. The minimum Gasteiger partial charge on any atom is -0.489 e. The number of esters is 1. The third-order valence-corrected chi connectivity index (χ3v) is 6.11. The third-order valence-electron chi connectivity index (χ3n) is 6.11. The van der Waals surface area contributed by atoms with Crippen LogP contribution in [0.2, 0.25) is 0 Å². The van der Waals surface area contributed by atoms with E-state index in [1.165, 1.54) is 0 Å². The number of anilines is 1. The quantitative estimate of drug-likeness (QED) is 0.0639. The molecule has 1 rings (SSSR count). The van der Waals surface area contributed by atoms with Crippen molar-refractivity contribution in [3.63, 3.8) is 0 Å². The molecule has 0 amide bonds. The number of rotatable bonds is 36. The average Bonchev–Trinajstić information content (AvgIpc) is 3.06. The summed E-state index contributed by atoms with van der Waals surface area (Å²) in [7, 11) is 0. The van der Waals surface area contributed by atoms with Crippen molar-refractivity contribution in [1.29, 1.82) is 0 Å². The summed E-state index contributed by atoms with van der Waals surface area (Å²) in [4.78, 5) is 11.5. The smallest absolute Gasteiger partial charge is 0.305 e. The van der Waals surface area contributed by atoms with Gasteiger partial charge in [-0.15, -0.1) is 0 Å². The fourth-order valence-electron chi connectivity index (χ4n) is 3.67. The van der Waals surface area contributed by atoms with Crippen molar-refractivity contribution < 1.29 is 56.9 Å². The van der Waals surface area contributed by atoms with E-state index in [1.807, 2.05) is 18.2 Å². The van der Waals surface area contributed by atoms with E-state index in [2.05, 4.69) is 6.92 Å². The molecular formula is C33H59NO12. The van der Waals surface area contributed by atoms with Crippen LogP contribution in [0.1, 0.15) is 39.0 Å². The fourth-order valence-corrected chi connectivity index (χ4v) is 3.67. The van der Waals surface area contributed by atoms with Crippen molar-refractivity contribution in [3.05, 3.63) is 24.3 Å². The Morgan fingerprint density at radius 3 is 1.26 bits per heavy atom. The van der Waals surface area contributed by atoms with E-state index in [-0.39, 0.29) is 12.6 Å². The number of carbonyl (C=O) groups excluding carboxylic acids is 1. The second-order valence-corrected chi connectivity index (χ2v) is 9.93. The monoisotopic (exact) mass is 661 g/mol. The van der Waals surface area contributed by atoms with E-state index in [0.717, 1.165) is 25.7 Å². The van der Waals surface area contributed by atoms with Gasteiger partial charge in [-0.25, -0.2) is 0 Å². The van der Waals surface area contributed by atoms with E-state index in [0.29, 0.717) is 143 Å². The Kier molecular flexibility index (Phi) is 31.3. The number of nitrogens with two attached hydrogens (primary N) is 1. The Balaban J connectivity index is 1.65. The molecule has 13 nitrogen and oxygen atoms in total. The number of hydrogen-bond acceptors (Lipinski definition) is 13. The molecule has 0 aromatic heterocycles. The Labute approximate surface area is 275 Å². The van der Waals surface area contributed by atoms with Crippen LogP contribution in [0.3, 0.4) is 0 Å². The predicted molar refractivity (Wildman–Crippen MR) is 173 cm³/mol. The van der Waals surface area contributed by atoms with Gasteiger partial charge in [0.25, 0.3) is 0 Å². The summed E-state index contributed by atoms with van der Waals surface area (Å²) in [6.45, 7) is 11.6. The van der Waals surface area contributed by atoms with Gasteiger partial charge < -0.3 is 57.8 Å². The van der Waals surface area contributed by atoms with Gasteiger partial charge in [0.15, 0.2) is 0 Å². The van der Waals surface area contributed by atoms with Crippen LogP contribution in [0.4, 0.5) is 5.69 Å². The minimum atomic E-state index is -0.153. The van der Waals surface area contributed by atoms with Gasteiger partial charge in [-0.1, -0.05) is 38.3 Å². The molecule has 0 aliphatic heterocycles. The van der Waals surface area contributed by atoms with E-state index >= 15 is 0 Å². The lowest BCUT2D eigenvalue weighted by molar-refractivity contribution is -0.145. The molecule has 0 saturated heterocycles. The second kappa shape index (κ2) is 34.3. The maximum Gasteiger partial charge on any atom is 0.305 e. The molecule has 0 aliphatic rings. The van der Waals surface area contributed by atoms with Crippen molar-refractivity contribution in [3.8, 4) is 5.75 Å². The zero-order valence-electron chi connectivity index (χ0n) is 28.0. The molecule has 0 spiro atoms. The molecule has 0 radical (unpaired) electrons. The Hall–Kier alpha value is -2.07. The average molecular weight is 662 g/mol. The van der Waals surface area contributed by atoms with Gasteiger partial charge in [-0.2, -0.15) is 0 Å². The maximum absolute atomic E-state index is 11.5. The molecule has 0 saturated carbocycles. The van der Waals surface area contributed by atoms with Gasteiger partial charge in [0.1, 0.15) is 19.0 Å². The summed E-state index contributed by atoms with van der Waals surface area (Å²) in [5.74, 6) is 0.513. The van der Waals surface area contributed by atoms with Gasteiger partial charge >= 0.3 is 5.97 Å². The standard InChI is InChI=1S/C33H59NO12/c1-2-3-4-5-10-33(35)46-30-28-44-26-24-42-22-20-40-18-16-38-14-12-36-11-13-37-15-17-39-19-21-41-23-25-43-27-29-45-32-9-7-6-8-31(32)34/h6-9H,2-5,10-30,34H2,1H3. The molecule has 0 atom stereocenters. The van der Waals surface area contributed by atoms with Crippen LogP contribution < -0.4 is 10.5 Å². The lowest BCUT2D eigenvalue weighted by Gasteiger charge is -2.09. The molecule has 2 N–H and O–H groups in total. The van der Waals surface area contributed by atoms with Crippen LogP contribution in [0, 0.1) is 0 Å². The van der Waals surface area contributed by atoms with Gasteiger partial charge in [0.05, 0.1) is 125 Å². The van der Waals surface area contributed by atoms with Crippen molar-refractivity contribution >= 4 is 11.7 Å². The summed E-state index contributed by atoms with van der Waals surface area (Å²) in [6, 6.07) is 7.37. The molecule has 0 fully saturated rings. The summed E-state index contributed by atoms with van der Waals surface area (Å²) >= 11 is 0. The number of unbranched alkanes of at least 4 members (excludes halogenated alkanes) is 3. The van der Waals surface area contributed by atoms with Gasteiger partial charge in [0, 0.05) is 6.42 Å². The van der Waals surface area contributed by atoms with Crippen molar-refractivity contribution in [2.75, 3.05) is 138 Å². The van der Waals surface area contributed by atoms with Crippen LogP contribution in [0.25, 0.3) is 0 Å².